The SMILES string of the molecule is CC/C=C\C/C=C\C/C=C\C/C=C\C/C=C\CCCCCC(=O)OC(CCCCCCCCCCCC)CC(=O)NC(CO)C(O)CCCCCCCCCCCC. The Kier molecular flexibility index (Phi) is 43.7. The molecule has 0 aliphatic rings. The molecule has 1 amide bonds. The van der Waals surface area contributed by atoms with Gasteiger partial charge in [-0.1, -0.05) is 210 Å². The molecule has 6 heteroatoms. The smallest absolute Gasteiger partial charge is 0.306 e. The molecule has 3 N–H and O–H groups in total. The van der Waals surface area contributed by atoms with Crippen LogP contribution in [0, 0.1) is 0 Å². The first-order valence-corrected chi connectivity index (χ1v) is 24.5. The van der Waals surface area contributed by atoms with E-state index in [0.29, 0.717) is 19.3 Å². The lowest BCUT2D eigenvalue weighted by atomic mass is 10.0. The lowest BCUT2D eigenvalue weighted by Gasteiger charge is -2.24. The summed E-state index contributed by atoms with van der Waals surface area (Å²) in [4.78, 5) is 26.0. The quantitative estimate of drug-likeness (QED) is 0.0324. The molecule has 0 aromatic heterocycles. The van der Waals surface area contributed by atoms with Gasteiger partial charge in [-0.3, -0.25) is 9.59 Å². The number of esters is 1. The Morgan fingerprint density at radius 2 is 0.931 bits per heavy atom. The van der Waals surface area contributed by atoms with E-state index in [9.17, 15) is 19.8 Å². The van der Waals surface area contributed by atoms with Gasteiger partial charge in [0.2, 0.25) is 5.91 Å². The molecule has 6 nitrogen and oxygen atoms in total. The van der Waals surface area contributed by atoms with E-state index in [2.05, 4.69) is 86.8 Å². The third-order valence-corrected chi connectivity index (χ3v) is 10.9. The number of ether oxygens (including phenoxy) is 1. The van der Waals surface area contributed by atoms with Crippen LogP contribution in [0.5, 0.6) is 0 Å². The highest BCUT2D eigenvalue weighted by molar-refractivity contribution is 5.77. The Labute approximate surface area is 358 Å². The number of nitrogens with one attached hydrogen (secondary N) is 1. The van der Waals surface area contributed by atoms with Crippen molar-refractivity contribution < 1.29 is 24.5 Å². The number of rotatable bonds is 43. The van der Waals surface area contributed by atoms with Crippen LogP contribution in [0.25, 0.3) is 0 Å². The second-order valence-electron chi connectivity index (χ2n) is 16.5. The van der Waals surface area contributed by atoms with E-state index in [-0.39, 0.29) is 24.9 Å². The Morgan fingerprint density at radius 3 is 1.40 bits per heavy atom. The van der Waals surface area contributed by atoms with Gasteiger partial charge >= 0.3 is 5.97 Å². The summed E-state index contributed by atoms with van der Waals surface area (Å²) < 4.78 is 5.90. The molecule has 0 saturated carbocycles. The number of hydrogen-bond donors (Lipinski definition) is 3. The number of aliphatic hydroxyl groups is 2. The molecule has 0 rings (SSSR count). The van der Waals surface area contributed by atoms with E-state index in [1.807, 2.05) is 0 Å². The molecule has 0 aromatic carbocycles. The summed E-state index contributed by atoms with van der Waals surface area (Å²) in [7, 11) is 0. The Morgan fingerprint density at radius 1 is 0.517 bits per heavy atom. The predicted molar refractivity (Wildman–Crippen MR) is 250 cm³/mol. The van der Waals surface area contributed by atoms with Crippen molar-refractivity contribution in [1.29, 1.82) is 0 Å². The predicted octanol–water partition coefficient (Wildman–Crippen LogP) is 14.5. The van der Waals surface area contributed by atoms with Gasteiger partial charge in [0.25, 0.3) is 0 Å². The summed E-state index contributed by atoms with van der Waals surface area (Å²) >= 11 is 0. The number of carbonyl (C=O) groups excluding carboxylic acids is 2. The molecule has 3 unspecified atom stereocenters. The fraction of sp³-hybridized carbons (Fsp3) is 0.769. The maximum Gasteiger partial charge on any atom is 0.306 e. The minimum atomic E-state index is -0.791. The monoisotopic (exact) mass is 812 g/mol. The first-order chi connectivity index (χ1) is 28.5. The summed E-state index contributed by atoms with van der Waals surface area (Å²) in [5.74, 6) is -0.512. The van der Waals surface area contributed by atoms with Crippen LogP contribution < -0.4 is 5.32 Å². The molecule has 0 aliphatic heterocycles. The standard InChI is InChI=1S/C52H93NO5/c1-4-7-10-13-16-19-22-23-24-25-26-27-28-29-30-33-36-39-42-45-52(57)58-48(43-40-37-34-31-20-17-14-11-8-5-2)46-51(56)53-49(47-54)50(55)44-41-38-35-32-21-18-15-12-9-6-3/h7,10,16,19,23-24,26-27,29-30,48-50,54-55H,4-6,8-9,11-15,17-18,20-22,25,28,31-47H2,1-3H3,(H,53,56)/b10-7-,19-16-,24-23-,27-26-,30-29-. The molecule has 0 fully saturated rings. The molecule has 0 aliphatic carbocycles. The molecular formula is C52H93NO5. The van der Waals surface area contributed by atoms with Crippen LogP contribution in [0.2, 0.25) is 0 Å². The first kappa shape index (κ1) is 55.6. The van der Waals surface area contributed by atoms with E-state index in [1.54, 1.807) is 0 Å². The largest absolute Gasteiger partial charge is 0.462 e. The van der Waals surface area contributed by atoms with Crippen molar-refractivity contribution in [3.8, 4) is 0 Å². The van der Waals surface area contributed by atoms with Crippen LogP contribution >= 0.6 is 0 Å². The average molecular weight is 812 g/mol. The zero-order valence-corrected chi connectivity index (χ0v) is 38.2. The number of hydrogen-bond acceptors (Lipinski definition) is 5. The molecule has 58 heavy (non-hydrogen) atoms. The lowest BCUT2D eigenvalue weighted by molar-refractivity contribution is -0.151. The maximum absolute atomic E-state index is 13.1. The summed E-state index contributed by atoms with van der Waals surface area (Å²) in [5, 5.41) is 23.6. The molecule has 0 bridgehead atoms. The van der Waals surface area contributed by atoms with Crippen molar-refractivity contribution in [3.05, 3.63) is 60.8 Å². The van der Waals surface area contributed by atoms with Gasteiger partial charge in [-0.05, 0) is 70.6 Å². The molecule has 0 spiro atoms. The second-order valence-corrected chi connectivity index (χ2v) is 16.5. The summed E-state index contributed by atoms with van der Waals surface area (Å²) in [6, 6.07) is -0.706. The Bertz CT molecular complexity index is 1050. The van der Waals surface area contributed by atoms with Crippen LogP contribution in [0.15, 0.2) is 60.8 Å². The van der Waals surface area contributed by atoms with Gasteiger partial charge in [-0.25, -0.2) is 0 Å². The molecular weight excluding hydrogens is 719 g/mol. The zero-order chi connectivity index (χ0) is 42.4. The van der Waals surface area contributed by atoms with Gasteiger partial charge in [-0.2, -0.15) is 0 Å². The minimum Gasteiger partial charge on any atom is -0.462 e. The third kappa shape index (κ3) is 40.3. The van der Waals surface area contributed by atoms with E-state index in [0.717, 1.165) is 96.3 Å². The molecule has 0 saturated heterocycles. The number of allylic oxidation sites excluding steroid dienone is 10. The van der Waals surface area contributed by atoms with Crippen molar-refractivity contribution in [2.45, 2.75) is 251 Å². The van der Waals surface area contributed by atoms with Gasteiger partial charge in [0, 0.05) is 6.42 Å². The van der Waals surface area contributed by atoms with Gasteiger partial charge in [0.05, 0.1) is 25.2 Å². The number of unbranched alkanes of at least 4 members (excludes halogenated alkanes) is 21. The van der Waals surface area contributed by atoms with E-state index >= 15 is 0 Å². The lowest BCUT2D eigenvalue weighted by Crippen LogP contribution is -2.46. The molecule has 0 aromatic rings. The minimum absolute atomic E-state index is 0.0642. The van der Waals surface area contributed by atoms with Crippen molar-refractivity contribution in [2.24, 2.45) is 0 Å². The Hall–Kier alpha value is -2.44. The summed E-state index contributed by atoms with van der Waals surface area (Å²) in [6.45, 7) is 6.33. The van der Waals surface area contributed by atoms with Gasteiger partial charge < -0.3 is 20.3 Å². The molecule has 3 atom stereocenters. The average Bonchev–Trinajstić information content (AvgIpc) is 3.22. The van der Waals surface area contributed by atoms with Crippen molar-refractivity contribution in [1.82, 2.24) is 5.32 Å². The van der Waals surface area contributed by atoms with Crippen LogP contribution in [0.4, 0.5) is 0 Å². The van der Waals surface area contributed by atoms with Crippen LogP contribution in [0.1, 0.15) is 233 Å². The van der Waals surface area contributed by atoms with Crippen molar-refractivity contribution in [2.75, 3.05) is 6.61 Å². The Balaban J connectivity index is 4.57. The highest BCUT2D eigenvalue weighted by Crippen LogP contribution is 2.17. The zero-order valence-electron chi connectivity index (χ0n) is 38.2. The fourth-order valence-electron chi connectivity index (χ4n) is 7.16. The third-order valence-electron chi connectivity index (χ3n) is 10.9. The first-order valence-electron chi connectivity index (χ1n) is 24.5. The van der Waals surface area contributed by atoms with Crippen LogP contribution in [0.3, 0.4) is 0 Å². The van der Waals surface area contributed by atoms with Crippen LogP contribution in [-0.2, 0) is 14.3 Å². The van der Waals surface area contributed by atoms with Crippen LogP contribution in [-0.4, -0.2) is 46.9 Å². The maximum atomic E-state index is 13.1. The van der Waals surface area contributed by atoms with Crippen molar-refractivity contribution >= 4 is 11.9 Å². The topological polar surface area (TPSA) is 95.9 Å². The summed E-state index contributed by atoms with van der Waals surface area (Å²) in [6.07, 6.45) is 55.7. The number of aliphatic hydroxyl groups excluding tert-OH is 2. The number of carbonyl (C=O) groups is 2. The second kappa shape index (κ2) is 45.6. The van der Waals surface area contributed by atoms with Crippen molar-refractivity contribution in [3.63, 3.8) is 0 Å². The molecule has 336 valence electrons. The summed E-state index contributed by atoms with van der Waals surface area (Å²) in [5.41, 5.74) is 0. The van der Waals surface area contributed by atoms with E-state index in [4.69, 9.17) is 4.74 Å². The molecule has 0 radical (unpaired) electrons. The van der Waals surface area contributed by atoms with E-state index < -0.39 is 18.2 Å². The normalized spacial score (nSPS) is 13.8. The fourth-order valence-corrected chi connectivity index (χ4v) is 7.16. The highest BCUT2D eigenvalue weighted by Gasteiger charge is 2.24. The van der Waals surface area contributed by atoms with Gasteiger partial charge in [-0.15, -0.1) is 0 Å². The van der Waals surface area contributed by atoms with Gasteiger partial charge in [0.15, 0.2) is 0 Å². The number of amides is 1. The highest BCUT2D eigenvalue weighted by atomic mass is 16.5. The molecule has 0 heterocycles. The van der Waals surface area contributed by atoms with Gasteiger partial charge in [0.1, 0.15) is 6.10 Å². The van der Waals surface area contributed by atoms with E-state index in [1.165, 1.54) is 89.9 Å².